The van der Waals surface area contributed by atoms with Gasteiger partial charge in [-0.3, -0.25) is 9.59 Å². The summed E-state index contributed by atoms with van der Waals surface area (Å²) in [6, 6.07) is 10.7. The fraction of sp³-hybridized carbons (Fsp3) is 0.200. The molecule has 2 aromatic rings. The maximum atomic E-state index is 12.2. The van der Waals surface area contributed by atoms with Gasteiger partial charge in [-0.2, -0.15) is 0 Å². The lowest BCUT2D eigenvalue weighted by Crippen LogP contribution is -2.26. The highest BCUT2D eigenvalue weighted by Gasteiger charge is 2.12. The van der Waals surface area contributed by atoms with Gasteiger partial charge in [-0.1, -0.05) is 24.3 Å². The van der Waals surface area contributed by atoms with Crippen molar-refractivity contribution >= 4 is 5.91 Å². The van der Waals surface area contributed by atoms with Crippen LogP contribution in [0.1, 0.15) is 21.5 Å². The van der Waals surface area contributed by atoms with Gasteiger partial charge < -0.3 is 15.6 Å². The first-order valence-electron chi connectivity index (χ1n) is 6.32. The Balaban J connectivity index is 2.10. The number of aromatic amines is 1. The molecule has 0 bridgehead atoms. The zero-order valence-corrected chi connectivity index (χ0v) is 11.3. The van der Waals surface area contributed by atoms with E-state index in [0.29, 0.717) is 18.7 Å². The lowest BCUT2D eigenvalue weighted by molar-refractivity contribution is 0.0784. The number of carbonyl (C=O) groups excluding carboxylic acids is 1. The Labute approximate surface area is 117 Å². The van der Waals surface area contributed by atoms with Crippen LogP contribution in [0.25, 0.3) is 0 Å². The van der Waals surface area contributed by atoms with E-state index >= 15 is 0 Å². The molecule has 1 heterocycles. The Hall–Kier alpha value is -2.40. The monoisotopic (exact) mass is 271 g/mol. The number of hydrogen-bond donors (Lipinski definition) is 2. The molecule has 0 atom stereocenters. The molecular formula is C15H17N3O2. The molecule has 104 valence electrons. The molecule has 1 amide bonds. The van der Waals surface area contributed by atoms with E-state index < -0.39 is 0 Å². The predicted octanol–water partition coefficient (Wildman–Crippen LogP) is 1.11. The molecule has 1 aromatic carbocycles. The highest BCUT2D eigenvalue weighted by Crippen LogP contribution is 2.09. The van der Waals surface area contributed by atoms with Crippen LogP contribution >= 0.6 is 0 Å². The van der Waals surface area contributed by atoms with E-state index in [2.05, 4.69) is 4.98 Å². The SMILES string of the molecule is CN(Cc1cccc(CN)c1)C(=O)c1ccc(=O)[nH]c1. The van der Waals surface area contributed by atoms with Gasteiger partial charge in [-0.15, -0.1) is 0 Å². The first-order chi connectivity index (χ1) is 9.60. The predicted molar refractivity (Wildman–Crippen MR) is 77.2 cm³/mol. The minimum Gasteiger partial charge on any atom is -0.337 e. The summed E-state index contributed by atoms with van der Waals surface area (Å²) in [5.41, 5.74) is 7.89. The minimum absolute atomic E-state index is 0.139. The molecule has 3 N–H and O–H groups in total. The van der Waals surface area contributed by atoms with Gasteiger partial charge >= 0.3 is 0 Å². The molecule has 0 radical (unpaired) electrons. The van der Waals surface area contributed by atoms with Gasteiger partial charge in [0, 0.05) is 32.4 Å². The minimum atomic E-state index is -0.222. The van der Waals surface area contributed by atoms with Gasteiger partial charge in [0.25, 0.3) is 5.91 Å². The average Bonchev–Trinajstić information content (AvgIpc) is 2.47. The van der Waals surface area contributed by atoms with Crippen LogP contribution in [-0.4, -0.2) is 22.8 Å². The summed E-state index contributed by atoms with van der Waals surface area (Å²) in [6.45, 7) is 0.969. The van der Waals surface area contributed by atoms with Crippen molar-refractivity contribution in [3.8, 4) is 0 Å². The molecule has 2 rings (SSSR count). The molecule has 1 aromatic heterocycles. The molecule has 5 nitrogen and oxygen atoms in total. The molecule has 0 aliphatic heterocycles. The third-order valence-corrected chi connectivity index (χ3v) is 3.02. The highest BCUT2D eigenvalue weighted by atomic mass is 16.2. The third kappa shape index (κ3) is 3.33. The van der Waals surface area contributed by atoms with Gasteiger partial charge in [0.2, 0.25) is 5.56 Å². The quantitative estimate of drug-likeness (QED) is 0.874. The van der Waals surface area contributed by atoms with E-state index in [-0.39, 0.29) is 11.5 Å². The van der Waals surface area contributed by atoms with Gasteiger partial charge in [0.15, 0.2) is 0 Å². The Morgan fingerprint density at radius 1 is 1.25 bits per heavy atom. The lowest BCUT2D eigenvalue weighted by Gasteiger charge is -2.17. The summed E-state index contributed by atoms with van der Waals surface area (Å²) in [6.07, 6.45) is 1.43. The zero-order valence-electron chi connectivity index (χ0n) is 11.3. The highest BCUT2D eigenvalue weighted by molar-refractivity contribution is 5.93. The molecule has 0 spiro atoms. The van der Waals surface area contributed by atoms with Crippen LogP contribution in [-0.2, 0) is 13.1 Å². The van der Waals surface area contributed by atoms with E-state index in [0.717, 1.165) is 11.1 Å². The van der Waals surface area contributed by atoms with Gasteiger partial charge in [-0.25, -0.2) is 0 Å². The van der Waals surface area contributed by atoms with Crippen molar-refractivity contribution in [2.24, 2.45) is 5.73 Å². The van der Waals surface area contributed by atoms with Gasteiger partial charge in [0.1, 0.15) is 0 Å². The Morgan fingerprint density at radius 3 is 2.65 bits per heavy atom. The zero-order chi connectivity index (χ0) is 14.5. The number of benzene rings is 1. The first-order valence-corrected chi connectivity index (χ1v) is 6.32. The molecule has 20 heavy (non-hydrogen) atoms. The van der Waals surface area contributed by atoms with Crippen LogP contribution in [0.2, 0.25) is 0 Å². The van der Waals surface area contributed by atoms with Crippen molar-refractivity contribution in [3.63, 3.8) is 0 Å². The van der Waals surface area contributed by atoms with E-state index in [1.54, 1.807) is 11.9 Å². The number of nitrogens with zero attached hydrogens (tertiary/aromatic N) is 1. The van der Waals surface area contributed by atoms with Gasteiger partial charge in [0.05, 0.1) is 5.56 Å². The Morgan fingerprint density at radius 2 is 2.00 bits per heavy atom. The number of pyridine rings is 1. The van der Waals surface area contributed by atoms with Crippen molar-refractivity contribution in [2.45, 2.75) is 13.1 Å². The largest absolute Gasteiger partial charge is 0.337 e. The number of nitrogens with two attached hydrogens (primary N) is 1. The first kappa shape index (κ1) is 14.0. The summed E-state index contributed by atoms with van der Waals surface area (Å²) >= 11 is 0. The molecule has 0 saturated heterocycles. The van der Waals surface area contributed by atoms with Crippen molar-refractivity contribution in [1.82, 2.24) is 9.88 Å². The lowest BCUT2D eigenvalue weighted by atomic mass is 10.1. The second-order valence-corrected chi connectivity index (χ2v) is 4.63. The Bertz CT molecular complexity index is 644. The summed E-state index contributed by atoms with van der Waals surface area (Å²) in [7, 11) is 1.72. The van der Waals surface area contributed by atoms with Gasteiger partial charge in [-0.05, 0) is 17.2 Å². The molecule has 0 fully saturated rings. The maximum absolute atomic E-state index is 12.2. The van der Waals surface area contributed by atoms with Crippen molar-refractivity contribution in [1.29, 1.82) is 0 Å². The standard InChI is InChI=1S/C15H17N3O2/c1-18(10-12-4-2-3-11(7-12)8-16)15(20)13-5-6-14(19)17-9-13/h2-7,9H,8,10,16H2,1H3,(H,17,19). The molecule has 0 aliphatic carbocycles. The number of carbonyl (C=O) groups is 1. The number of amides is 1. The number of aromatic nitrogens is 1. The fourth-order valence-corrected chi connectivity index (χ4v) is 1.96. The van der Waals surface area contributed by atoms with Crippen LogP contribution in [0.4, 0.5) is 0 Å². The van der Waals surface area contributed by atoms with E-state index in [1.807, 2.05) is 24.3 Å². The third-order valence-electron chi connectivity index (χ3n) is 3.02. The van der Waals surface area contributed by atoms with E-state index in [1.165, 1.54) is 18.3 Å². The second-order valence-electron chi connectivity index (χ2n) is 4.63. The van der Waals surface area contributed by atoms with Crippen LogP contribution in [0.15, 0.2) is 47.4 Å². The fourth-order valence-electron chi connectivity index (χ4n) is 1.96. The van der Waals surface area contributed by atoms with E-state index in [4.69, 9.17) is 5.73 Å². The molecule has 5 heteroatoms. The molecular weight excluding hydrogens is 254 g/mol. The smallest absolute Gasteiger partial charge is 0.255 e. The molecule has 0 saturated carbocycles. The van der Waals surface area contributed by atoms with Crippen LogP contribution in [0.5, 0.6) is 0 Å². The number of rotatable bonds is 4. The number of H-pyrrole nitrogens is 1. The second kappa shape index (κ2) is 6.16. The summed E-state index contributed by atoms with van der Waals surface area (Å²) in [5, 5.41) is 0. The van der Waals surface area contributed by atoms with E-state index in [9.17, 15) is 9.59 Å². The maximum Gasteiger partial charge on any atom is 0.255 e. The molecule has 0 unspecified atom stereocenters. The normalized spacial score (nSPS) is 10.3. The summed E-state index contributed by atoms with van der Waals surface area (Å²) < 4.78 is 0. The average molecular weight is 271 g/mol. The van der Waals surface area contributed by atoms with Crippen molar-refractivity contribution in [2.75, 3.05) is 7.05 Å². The van der Waals surface area contributed by atoms with Crippen molar-refractivity contribution < 1.29 is 4.79 Å². The summed E-state index contributed by atoms with van der Waals surface area (Å²) in [5.74, 6) is -0.139. The van der Waals surface area contributed by atoms with Crippen LogP contribution in [0.3, 0.4) is 0 Å². The number of nitrogens with one attached hydrogen (secondary N) is 1. The topological polar surface area (TPSA) is 79.2 Å². The number of hydrogen-bond acceptors (Lipinski definition) is 3. The van der Waals surface area contributed by atoms with Crippen LogP contribution in [0, 0.1) is 0 Å². The summed E-state index contributed by atoms with van der Waals surface area (Å²) in [4.78, 5) is 27.3. The van der Waals surface area contributed by atoms with Crippen molar-refractivity contribution in [3.05, 3.63) is 69.6 Å². The Kier molecular flexibility index (Phi) is 4.32. The van der Waals surface area contributed by atoms with Crippen LogP contribution < -0.4 is 11.3 Å². The molecule has 0 aliphatic rings.